The fourth-order valence-corrected chi connectivity index (χ4v) is 5.56. The van der Waals surface area contributed by atoms with Crippen LogP contribution in [0.5, 0.6) is 0 Å². The van der Waals surface area contributed by atoms with Crippen LogP contribution in [-0.2, 0) is 6.54 Å². The second-order valence-corrected chi connectivity index (χ2v) is 9.54. The number of piperidine rings is 1. The molecule has 0 atom stereocenters. The lowest BCUT2D eigenvalue weighted by Crippen LogP contribution is -2.42. The molecule has 8 heteroatoms. The average Bonchev–Trinajstić information content (AvgIpc) is 3.22. The molecule has 0 bridgehead atoms. The third kappa shape index (κ3) is 3.40. The van der Waals surface area contributed by atoms with Gasteiger partial charge in [-0.2, -0.15) is 0 Å². The number of aromatic nitrogens is 3. The molecule has 0 saturated carbocycles. The normalized spacial score (nSPS) is 16.5. The molecule has 1 amide bonds. The standard InChI is InChI=1S/C23H26N6OS/c1-13-14(2)31-23-20(13)21(25-12-19-27-26-15(3)29(19)23)16-4-6-17(7-5-16)22(30)28-10-8-18(24)9-11-28/h4-7,18H,8-12,24H2,1-3H3. The zero-order valence-corrected chi connectivity index (χ0v) is 18.9. The molecule has 0 radical (unpaired) electrons. The second-order valence-electron chi connectivity index (χ2n) is 8.33. The molecule has 1 aromatic carbocycles. The number of nitrogens with two attached hydrogens (primary N) is 1. The van der Waals surface area contributed by atoms with Gasteiger partial charge in [-0.3, -0.25) is 14.4 Å². The van der Waals surface area contributed by atoms with Gasteiger partial charge in [0.15, 0.2) is 5.82 Å². The van der Waals surface area contributed by atoms with Crippen LogP contribution in [0, 0.1) is 20.8 Å². The SMILES string of the molecule is Cc1sc2c(c1C)C(c1ccc(C(=O)N3CCC(N)CC3)cc1)=NCc1nnc(C)n1-2. The van der Waals surface area contributed by atoms with Gasteiger partial charge in [-0.25, -0.2) is 0 Å². The molecule has 160 valence electrons. The van der Waals surface area contributed by atoms with Crippen LogP contribution < -0.4 is 5.73 Å². The molecule has 7 nitrogen and oxygen atoms in total. The smallest absolute Gasteiger partial charge is 0.253 e. The monoisotopic (exact) mass is 434 g/mol. The number of benzene rings is 1. The number of hydrogen-bond donors (Lipinski definition) is 1. The second kappa shape index (κ2) is 7.69. The minimum absolute atomic E-state index is 0.0753. The van der Waals surface area contributed by atoms with Crippen LogP contribution in [0.4, 0.5) is 0 Å². The van der Waals surface area contributed by atoms with Gasteiger partial charge in [0.1, 0.15) is 17.4 Å². The highest BCUT2D eigenvalue weighted by Crippen LogP contribution is 2.36. The van der Waals surface area contributed by atoms with Gasteiger partial charge in [0.25, 0.3) is 5.91 Å². The fraction of sp³-hybridized carbons (Fsp3) is 0.391. The first-order valence-corrected chi connectivity index (χ1v) is 11.5. The summed E-state index contributed by atoms with van der Waals surface area (Å²) in [7, 11) is 0. The summed E-state index contributed by atoms with van der Waals surface area (Å²) in [5.74, 6) is 1.80. The lowest BCUT2D eigenvalue weighted by Gasteiger charge is -2.30. The summed E-state index contributed by atoms with van der Waals surface area (Å²) in [4.78, 5) is 21.0. The zero-order valence-electron chi connectivity index (χ0n) is 18.1. The summed E-state index contributed by atoms with van der Waals surface area (Å²) in [6.07, 6.45) is 1.73. The lowest BCUT2D eigenvalue weighted by atomic mass is 9.98. The maximum atomic E-state index is 12.9. The number of thiophene rings is 1. The van der Waals surface area contributed by atoms with Gasteiger partial charge in [0, 0.05) is 40.7 Å². The number of carbonyl (C=O) groups is 1. The highest BCUT2D eigenvalue weighted by atomic mass is 32.1. The van der Waals surface area contributed by atoms with Crippen molar-refractivity contribution in [2.24, 2.45) is 10.7 Å². The topological polar surface area (TPSA) is 89.4 Å². The van der Waals surface area contributed by atoms with E-state index in [1.54, 1.807) is 11.3 Å². The van der Waals surface area contributed by atoms with Crippen LogP contribution >= 0.6 is 11.3 Å². The molecule has 5 rings (SSSR count). The Morgan fingerprint density at radius 2 is 1.81 bits per heavy atom. The lowest BCUT2D eigenvalue weighted by molar-refractivity contribution is 0.0715. The van der Waals surface area contributed by atoms with Crippen molar-refractivity contribution in [3.8, 4) is 5.00 Å². The summed E-state index contributed by atoms with van der Waals surface area (Å²) >= 11 is 1.75. The predicted octanol–water partition coefficient (Wildman–Crippen LogP) is 3.17. The van der Waals surface area contributed by atoms with Crippen molar-refractivity contribution in [3.05, 3.63) is 63.0 Å². The van der Waals surface area contributed by atoms with Gasteiger partial charge in [0.05, 0.1) is 5.71 Å². The molecular weight excluding hydrogens is 408 g/mol. The maximum Gasteiger partial charge on any atom is 0.253 e. The molecule has 31 heavy (non-hydrogen) atoms. The van der Waals surface area contributed by atoms with E-state index in [2.05, 4.69) is 28.6 Å². The molecule has 2 N–H and O–H groups in total. The number of aryl methyl sites for hydroxylation is 2. The summed E-state index contributed by atoms with van der Waals surface area (Å²) < 4.78 is 2.12. The first kappa shape index (κ1) is 20.1. The minimum Gasteiger partial charge on any atom is -0.339 e. The van der Waals surface area contributed by atoms with Gasteiger partial charge in [0.2, 0.25) is 0 Å². The molecule has 2 aliphatic rings. The minimum atomic E-state index is 0.0753. The Labute approximate surface area is 185 Å². The van der Waals surface area contributed by atoms with Crippen LogP contribution in [0.25, 0.3) is 5.00 Å². The van der Waals surface area contributed by atoms with Crippen LogP contribution in [-0.4, -0.2) is 50.4 Å². The Morgan fingerprint density at radius 1 is 1.10 bits per heavy atom. The van der Waals surface area contributed by atoms with Crippen molar-refractivity contribution in [2.75, 3.05) is 13.1 Å². The summed E-state index contributed by atoms with van der Waals surface area (Å²) in [6.45, 7) is 8.18. The number of likely N-dealkylation sites (tertiary alicyclic amines) is 1. The first-order valence-electron chi connectivity index (χ1n) is 10.7. The van der Waals surface area contributed by atoms with Crippen molar-refractivity contribution in [1.82, 2.24) is 19.7 Å². The molecule has 2 aliphatic heterocycles. The van der Waals surface area contributed by atoms with Crippen LogP contribution in [0.2, 0.25) is 0 Å². The van der Waals surface area contributed by atoms with E-state index in [0.29, 0.717) is 12.1 Å². The Hall–Kier alpha value is -2.84. The average molecular weight is 435 g/mol. The molecule has 1 fully saturated rings. The van der Waals surface area contributed by atoms with Crippen molar-refractivity contribution < 1.29 is 4.79 Å². The number of amides is 1. The Morgan fingerprint density at radius 3 is 2.52 bits per heavy atom. The number of aliphatic imine (C=N–C) groups is 1. The van der Waals surface area contributed by atoms with E-state index >= 15 is 0 Å². The van der Waals surface area contributed by atoms with E-state index in [9.17, 15) is 4.79 Å². The van der Waals surface area contributed by atoms with E-state index in [-0.39, 0.29) is 11.9 Å². The molecular formula is C23H26N6OS. The number of fused-ring (bicyclic) bond motifs is 3. The van der Waals surface area contributed by atoms with Gasteiger partial charge in [-0.05, 0) is 51.3 Å². The van der Waals surface area contributed by atoms with Gasteiger partial charge in [-0.15, -0.1) is 21.5 Å². The molecule has 3 aromatic rings. The largest absolute Gasteiger partial charge is 0.339 e. The quantitative estimate of drug-likeness (QED) is 0.671. The fourth-order valence-electron chi connectivity index (χ4n) is 4.34. The Kier molecular flexibility index (Phi) is 4.98. The van der Waals surface area contributed by atoms with Crippen LogP contribution in [0.15, 0.2) is 29.3 Å². The van der Waals surface area contributed by atoms with Crippen molar-refractivity contribution in [3.63, 3.8) is 0 Å². The number of hydrogen-bond acceptors (Lipinski definition) is 6. The Balaban J connectivity index is 1.49. The van der Waals surface area contributed by atoms with Gasteiger partial charge < -0.3 is 10.6 Å². The number of rotatable bonds is 2. The summed E-state index contributed by atoms with van der Waals surface area (Å²) in [6, 6.07) is 8.06. The number of carbonyl (C=O) groups excluding carboxylic acids is 1. The van der Waals surface area contributed by atoms with Crippen LogP contribution in [0.3, 0.4) is 0 Å². The third-order valence-electron chi connectivity index (χ3n) is 6.31. The van der Waals surface area contributed by atoms with E-state index < -0.39 is 0 Å². The molecule has 4 heterocycles. The first-order chi connectivity index (χ1) is 14.9. The predicted molar refractivity (Wildman–Crippen MR) is 122 cm³/mol. The van der Waals surface area contributed by atoms with E-state index in [1.165, 1.54) is 10.4 Å². The molecule has 0 aliphatic carbocycles. The highest BCUT2D eigenvalue weighted by Gasteiger charge is 2.27. The van der Waals surface area contributed by atoms with Gasteiger partial charge in [-0.1, -0.05) is 12.1 Å². The van der Waals surface area contributed by atoms with Crippen molar-refractivity contribution in [1.29, 1.82) is 0 Å². The maximum absolute atomic E-state index is 12.9. The van der Waals surface area contributed by atoms with Crippen molar-refractivity contribution in [2.45, 2.75) is 46.2 Å². The third-order valence-corrected chi connectivity index (χ3v) is 7.50. The van der Waals surface area contributed by atoms with Crippen molar-refractivity contribution >= 4 is 23.0 Å². The summed E-state index contributed by atoms with van der Waals surface area (Å²) in [5.41, 5.74) is 11.0. The molecule has 0 unspecified atom stereocenters. The van der Waals surface area contributed by atoms with E-state index in [1.807, 2.05) is 36.1 Å². The molecule has 1 saturated heterocycles. The zero-order chi connectivity index (χ0) is 21.7. The van der Waals surface area contributed by atoms with Gasteiger partial charge >= 0.3 is 0 Å². The number of nitrogens with zero attached hydrogens (tertiary/aromatic N) is 5. The molecule has 0 spiro atoms. The highest BCUT2D eigenvalue weighted by molar-refractivity contribution is 7.15. The van der Waals surface area contributed by atoms with Crippen LogP contribution in [0.1, 0.15) is 56.4 Å². The molecule has 2 aromatic heterocycles. The van der Waals surface area contributed by atoms with E-state index in [4.69, 9.17) is 10.7 Å². The summed E-state index contributed by atoms with van der Waals surface area (Å²) in [5, 5.41) is 9.71. The van der Waals surface area contributed by atoms with E-state index in [0.717, 1.165) is 59.4 Å². The Bertz CT molecular complexity index is 1180.